The van der Waals surface area contributed by atoms with E-state index < -0.39 is 17.4 Å². The molecule has 0 saturated heterocycles. The number of aryl methyl sites for hydroxylation is 1. The van der Waals surface area contributed by atoms with Gasteiger partial charge in [-0.15, -0.1) is 0 Å². The summed E-state index contributed by atoms with van der Waals surface area (Å²) in [5.41, 5.74) is 5.22. The van der Waals surface area contributed by atoms with Crippen LogP contribution < -0.4 is 19.6 Å². The van der Waals surface area contributed by atoms with E-state index in [1.807, 2.05) is 13.0 Å². The maximum Gasteiger partial charge on any atom is 0.278 e. The average Bonchev–Trinajstić information content (AvgIpc) is 2.92. The molecule has 2 aromatic carbocycles. The fourth-order valence-corrected chi connectivity index (χ4v) is 3.42. The van der Waals surface area contributed by atoms with Crippen LogP contribution in [0.15, 0.2) is 53.6 Å². The van der Waals surface area contributed by atoms with Crippen molar-refractivity contribution < 1.29 is 28.7 Å². The minimum absolute atomic E-state index is 0.00557. The smallest absolute Gasteiger partial charge is 0.278 e. The molecule has 39 heavy (non-hydrogen) atoms. The number of nitro benzene ring substituents is 1. The molecule has 1 aromatic heterocycles. The number of aromatic nitrogens is 1. The minimum Gasteiger partial charge on any atom is -0.490 e. The second-order valence-electron chi connectivity index (χ2n) is 8.08. The number of hydrazone groups is 1. The molecular formula is C27H27N5O7. The Labute approximate surface area is 224 Å². The fraction of sp³-hybridized carbons (Fsp3) is 0.259. The number of non-ortho nitro benzene ring substituents is 1. The highest BCUT2D eigenvalue weighted by atomic mass is 16.6. The van der Waals surface area contributed by atoms with Crippen LogP contribution in [0.5, 0.6) is 17.4 Å². The van der Waals surface area contributed by atoms with Gasteiger partial charge in [-0.25, -0.2) is 10.4 Å². The second-order valence-corrected chi connectivity index (χ2v) is 8.08. The monoisotopic (exact) mass is 533 g/mol. The number of carbonyl (C=O) groups excluding carboxylic acids is 1. The molecule has 3 aromatic rings. The van der Waals surface area contributed by atoms with E-state index in [0.717, 1.165) is 5.56 Å². The summed E-state index contributed by atoms with van der Waals surface area (Å²) in [6.45, 7) is 3.99. The largest absolute Gasteiger partial charge is 0.490 e. The number of nitro groups is 1. The first-order valence-corrected chi connectivity index (χ1v) is 11.8. The highest BCUT2D eigenvalue weighted by Crippen LogP contribution is 2.29. The lowest BCUT2D eigenvalue weighted by Crippen LogP contribution is -2.25. The van der Waals surface area contributed by atoms with Crippen LogP contribution >= 0.6 is 0 Å². The number of ether oxygens (including phenoxy) is 4. The van der Waals surface area contributed by atoms with E-state index in [9.17, 15) is 20.2 Å². The van der Waals surface area contributed by atoms with Crippen LogP contribution in [0.4, 0.5) is 5.69 Å². The zero-order chi connectivity index (χ0) is 28.2. The SMILES string of the molecule is CCOc1cc(C=NNC(=O)COc2nc(C)cc(COC)c2C#N)ccc1OCc1ccc([N+](=O)[O-])cc1. The number of carbonyl (C=O) groups is 1. The summed E-state index contributed by atoms with van der Waals surface area (Å²) in [7, 11) is 1.52. The molecule has 0 spiro atoms. The van der Waals surface area contributed by atoms with Gasteiger partial charge in [0.1, 0.15) is 18.2 Å². The summed E-state index contributed by atoms with van der Waals surface area (Å²) >= 11 is 0. The van der Waals surface area contributed by atoms with Crippen LogP contribution in [0.3, 0.4) is 0 Å². The van der Waals surface area contributed by atoms with Gasteiger partial charge in [0.25, 0.3) is 11.6 Å². The van der Waals surface area contributed by atoms with Crippen LogP contribution in [0, 0.1) is 28.4 Å². The molecule has 1 amide bonds. The Bertz CT molecular complexity index is 1380. The van der Waals surface area contributed by atoms with Gasteiger partial charge in [0.05, 0.1) is 24.4 Å². The number of pyridine rings is 1. The highest BCUT2D eigenvalue weighted by molar-refractivity contribution is 5.83. The molecular weight excluding hydrogens is 506 g/mol. The van der Waals surface area contributed by atoms with E-state index in [-0.39, 0.29) is 30.3 Å². The first kappa shape index (κ1) is 28.5. The van der Waals surface area contributed by atoms with Crippen LogP contribution in [-0.4, -0.2) is 42.4 Å². The second kappa shape index (κ2) is 14.1. The predicted molar refractivity (Wildman–Crippen MR) is 141 cm³/mol. The normalized spacial score (nSPS) is 10.6. The molecule has 0 aliphatic heterocycles. The molecule has 0 aliphatic rings. The Morgan fingerprint density at radius 3 is 2.56 bits per heavy atom. The van der Waals surface area contributed by atoms with Crippen LogP contribution in [0.25, 0.3) is 0 Å². The summed E-state index contributed by atoms with van der Waals surface area (Å²) in [4.78, 5) is 26.8. The zero-order valence-corrected chi connectivity index (χ0v) is 21.7. The van der Waals surface area contributed by atoms with Crippen molar-refractivity contribution in [3.63, 3.8) is 0 Å². The van der Waals surface area contributed by atoms with Crippen LogP contribution in [0.2, 0.25) is 0 Å². The molecule has 0 unspecified atom stereocenters. The fourth-order valence-electron chi connectivity index (χ4n) is 3.42. The van der Waals surface area contributed by atoms with E-state index in [1.165, 1.54) is 25.5 Å². The van der Waals surface area contributed by atoms with Crippen molar-refractivity contribution in [3.8, 4) is 23.4 Å². The average molecular weight is 534 g/mol. The standard InChI is InChI=1S/C27H27N5O7/c1-4-37-25-12-20(7-10-24(25)38-15-19-5-8-22(9-6-19)32(34)35)14-29-31-26(33)17-39-27-23(13-28)21(16-36-3)11-18(2)30-27/h5-12,14H,4,15-17H2,1-3H3,(H,31,33). The Morgan fingerprint density at radius 2 is 1.90 bits per heavy atom. The van der Waals surface area contributed by atoms with E-state index in [0.29, 0.717) is 34.9 Å². The van der Waals surface area contributed by atoms with Gasteiger partial charge >= 0.3 is 0 Å². The van der Waals surface area contributed by atoms with Gasteiger partial charge in [-0.2, -0.15) is 10.4 Å². The predicted octanol–water partition coefficient (Wildman–Crippen LogP) is 3.82. The quantitative estimate of drug-likeness (QED) is 0.196. The number of hydrogen-bond acceptors (Lipinski definition) is 10. The molecule has 0 bridgehead atoms. The number of nitriles is 1. The maximum atomic E-state index is 12.2. The van der Waals surface area contributed by atoms with Crippen molar-refractivity contribution in [3.05, 3.63) is 86.6 Å². The number of hydrogen-bond donors (Lipinski definition) is 1. The third-order valence-corrected chi connectivity index (χ3v) is 5.16. The van der Waals surface area contributed by atoms with E-state index in [4.69, 9.17) is 18.9 Å². The van der Waals surface area contributed by atoms with Crippen molar-refractivity contribution in [1.29, 1.82) is 5.26 Å². The number of rotatable bonds is 13. The van der Waals surface area contributed by atoms with Gasteiger partial charge in [0.2, 0.25) is 5.88 Å². The molecule has 12 nitrogen and oxygen atoms in total. The molecule has 0 radical (unpaired) electrons. The number of methoxy groups -OCH3 is 1. The number of benzene rings is 2. The molecule has 12 heteroatoms. The van der Waals surface area contributed by atoms with E-state index in [1.54, 1.807) is 43.3 Å². The Kier molecular flexibility index (Phi) is 10.3. The molecule has 0 fully saturated rings. The summed E-state index contributed by atoms with van der Waals surface area (Å²) in [5.74, 6) is 0.463. The van der Waals surface area contributed by atoms with E-state index in [2.05, 4.69) is 15.5 Å². The zero-order valence-electron chi connectivity index (χ0n) is 21.7. The van der Waals surface area contributed by atoms with Crippen LogP contribution in [0.1, 0.15) is 34.9 Å². The summed E-state index contributed by atoms with van der Waals surface area (Å²) < 4.78 is 22.1. The van der Waals surface area contributed by atoms with Gasteiger partial charge in [-0.05, 0) is 61.4 Å². The molecule has 1 heterocycles. The van der Waals surface area contributed by atoms with E-state index >= 15 is 0 Å². The topological polar surface area (TPSA) is 158 Å². The van der Waals surface area contributed by atoms with Crippen LogP contribution in [-0.2, 0) is 22.7 Å². The first-order valence-electron chi connectivity index (χ1n) is 11.8. The lowest BCUT2D eigenvalue weighted by Gasteiger charge is -2.12. The van der Waals surface area contributed by atoms with Crippen molar-refractivity contribution in [2.45, 2.75) is 27.1 Å². The third kappa shape index (κ3) is 8.24. The number of nitrogens with zero attached hydrogens (tertiary/aromatic N) is 4. The van der Waals surface area contributed by atoms with Crippen molar-refractivity contribution in [2.75, 3.05) is 20.3 Å². The van der Waals surface area contributed by atoms with Crippen molar-refractivity contribution >= 4 is 17.8 Å². The van der Waals surface area contributed by atoms with Gasteiger partial charge in [0.15, 0.2) is 18.1 Å². The van der Waals surface area contributed by atoms with Gasteiger partial charge in [-0.3, -0.25) is 14.9 Å². The molecule has 3 rings (SSSR count). The summed E-state index contributed by atoms with van der Waals surface area (Å²) in [5, 5.41) is 24.2. The molecule has 0 saturated carbocycles. The molecule has 0 aliphatic carbocycles. The van der Waals surface area contributed by atoms with Crippen molar-refractivity contribution in [2.24, 2.45) is 5.10 Å². The molecule has 0 atom stereocenters. The number of amides is 1. The lowest BCUT2D eigenvalue weighted by atomic mass is 10.1. The molecule has 202 valence electrons. The maximum absolute atomic E-state index is 12.2. The summed E-state index contributed by atoms with van der Waals surface area (Å²) in [6, 6.07) is 15.0. The third-order valence-electron chi connectivity index (χ3n) is 5.16. The minimum atomic E-state index is -0.542. The highest BCUT2D eigenvalue weighted by Gasteiger charge is 2.14. The Hall–Kier alpha value is -5.02. The summed E-state index contributed by atoms with van der Waals surface area (Å²) in [6.07, 6.45) is 1.43. The lowest BCUT2D eigenvalue weighted by molar-refractivity contribution is -0.384. The van der Waals surface area contributed by atoms with Gasteiger partial charge < -0.3 is 18.9 Å². The molecule has 1 N–H and O–H groups in total. The number of nitrogens with one attached hydrogen (secondary N) is 1. The van der Waals surface area contributed by atoms with Crippen molar-refractivity contribution in [1.82, 2.24) is 10.4 Å². The first-order chi connectivity index (χ1) is 18.8. The Balaban J connectivity index is 1.59. The van der Waals surface area contributed by atoms with Gasteiger partial charge in [-0.1, -0.05) is 0 Å². The Morgan fingerprint density at radius 1 is 1.13 bits per heavy atom. The van der Waals surface area contributed by atoms with Gasteiger partial charge in [0, 0.05) is 30.5 Å².